The molecule has 0 spiro atoms. The number of hydrogen-bond acceptors (Lipinski definition) is 4. The number of aliphatic hydroxyl groups excluding tert-OH is 1. The topological polar surface area (TPSA) is 69.3 Å². The van der Waals surface area contributed by atoms with E-state index in [0.29, 0.717) is 17.5 Å². The van der Waals surface area contributed by atoms with Gasteiger partial charge in [0.1, 0.15) is 12.4 Å². The van der Waals surface area contributed by atoms with Crippen molar-refractivity contribution in [1.29, 1.82) is 0 Å². The Balaban J connectivity index is 0.000000160. The van der Waals surface area contributed by atoms with Gasteiger partial charge in [0.2, 0.25) is 5.69 Å². The number of benzene rings is 1. The van der Waals surface area contributed by atoms with Gasteiger partial charge in [-0.2, -0.15) is 4.73 Å². The Labute approximate surface area is 134 Å². The summed E-state index contributed by atoms with van der Waals surface area (Å²) in [5.74, 6) is 1.30. The third-order valence-electron chi connectivity index (χ3n) is 3.17. The van der Waals surface area contributed by atoms with Gasteiger partial charge in [0.25, 0.3) is 0 Å². The lowest BCUT2D eigenvalue weighted by Gasteiger charge is -2.04. The van der Waals surface area contributed by atoms with E-state index in [1.165, 1.54) is 12.4 Å². The largest absolute Gasteiger partial charge is 0.618 e. The molecule has 0 atom stereocenters. The van der Waals surface area contributed by atoms with Crippen LogP contribution in [0.1, 0.15) is 30.7 Å². The molecular formula is C16H19ClN2O3. The van der Waals surface area contributed by atoms with E-state index in [1.807, 2.05) is 6.07 Å². The zero-order valence-corrected chi connectivity index (χ0v) is 13.4. The van der Waals surface area contributed by atoms with Crippen LogP contribution in [0.4, 0.5) is 0 Å². The van der Waals surface area contributed by atoms with Gasteiger partial charge in [-0.25, -0.2) is 0 Å². The Kier molecular flexibility index (Phi) is 5.57. The van der Waals surface area contributed by atoms with Crippen LogP contribution in [-0.2, 0) is 19.6 Å². The van der Waals surface area contributed by atoms with E-state index >= 15 is 0 Å². The standard InChI is InChI=1S/C8H7ClO2.C8H12N2O/c9-8-5(3-10)1-7-2-6(8)4-11-7;1-7(2)5-8-6-9-3-4-10(8)11/h1-2,10H,3-4H2;3-4,6-7H,5H2,1-2H3. The molecular weight excluding hydrogens is 304 g/mol. The van der Waals surface area contributed by atoms with Crippen LogP contribution >= 0.6 is 11.6 Å². The molecule has 0 unspecified atom stereocenters. The zero-order chi connectivity index (χ0) is 16.1. The van der Waals surface area contributed by atoms with Crippen LogP contribution in [0.2, 0.25) is 5.02 Å². The van der Waals surface area contributed by atoms with Gasteiger partial charge in [0, 0.05) is 17.5 Å². The second kappa shape index (κ2) is 7.42. The molecule has 0 aliphatic carbocycles. The lowest BCUT2D eigenvalue weighted by molar-refractivity contribution is -0.615. The van der Waals surface area contributed by atoms with Crippen molar-refractivity contribution in [3.63, 3.8) is 0 Å². The number of fused-ring (bicyclic) bond motifs is 2. The summed E-state index contributed by atoms with van der Waals surface area (Å²) in [5.41, 5.74) is 2.45. The van der Waals surface area contributed by atoms with Gasteiger partial charge in [0.15, 0.2) is 6.20 Å². The molecule has 6 heteroatoms. The highest BCUT2D eigenvalue weighted by Crippen LogP contribution is 2.32. The molecule has 0 saturated heterocycles. The van der Waals surface area contributed by atoms with Crippen LogP contribution in [0, 0.1) is 11.1 Å². The van der Waals surface area contributed by atoms with E-state index in [0.717, 1.165) is 33.7 Å². The Morgan fingerprint density at radius 2 is 2.23 bits per heavy atom. The van der Waals surface area contributed by atoms with E-state index in [-0.39, 0.29) is 6.61 Å². The summed E-state index contributed by atoms with van der Waals surface area (Å²) in [6.45, 7) is 4.66. The third-order valence-corrected chi connectivity index (χ3v) is 3.66. The van der Waals surface area contributed by atoms with Crippen LogP contribution in [0.5, 0.6) is 5.75 Å². The summed E-state index contributed by atoms with van der Waals surface area (Å²) in [4.78, 5) is 3.88. The highest BCUT2D eigenvalue weighted by molar-refractivity contribution is 6.32. The van der Waals surface area contributed by atoms with Crippen LogP contribution in [0.15, 0.2) is 30.7 Å². The first-order valence-electron chi connectivity index (χ1n) is 7.08. The van der Waals surface area contributed by atoms with Crippen LogP contribution in [-0.4, -0.2) is 10.1 Å². The number of rotatable bonds is 3. The van der Waals surface area contributed by atoms with E-state index < -0.39 is 0 Å². The highest BCUT2D eigenvalue weighted by atomic mass is 35.5. The minimum absolute atomic E-state index is 0.0248. The summed E-state index contributed by atoms with van der Waals surface area (Å²) < 4.78 is 6.08. The maximum atomic E-state index is 11.0. The van der Waals surface area contributed by atoms with Crippen molar-refractivity contribution < 1.29 is 14.6 Å². The molecule has 0 saturated carbocycles. The third kappa shape index (κ3) is 4.08. The van der Waals surface area contributed by atoms with E-state index in [2.05, 4.69) is 18.8 Å². The summed E-state index contributed by atoms with van der Waals surface area (Å²) >= 11 is 5.90. The molecule has 1 N–H and O–H groups in total. The maximum Gasteiger partial charge on any atom is 0.211 e. The average molecular weight is 323 g/mol. The Morgan fingerprint density at radius 1 is 1.45 bits per heavy atom. The maximum absolute atomic E-state index is 11.0. The number of halogens is 1. The van der Waals surface area contributed by atoms with E-state index in [1.54, 1.807) is 12.3 Å². The number of ether oxygens (including phenoxy) is 1. The van der Waals surface area contributed by atoms with Gasteiger partial charge in [-0.15, -0.1) is 0 Å². The Morgan fingerprint density at radius 3 is 2.86 bits per heavy atom. The molecule has 2 heterocycles. The molecule has 3 rings (SSSR count). The SMILES string of the molecule is CC(C)Cc1cncc[n+]1[O-].OCc1cc2cc(c1Cl)CO2. The highest BCUT2D eigenvalue weighted by Gasteiger charge is 2.15. The molecule has 2 aromatic rings. The van der Waals surface area contributed by atoms with Crippen LogP contribution < -0.4 is 9.47 Å². The first-order chi connectivity index (χ1) is 10.5. The predicted octanol–water partition coefficient (Wildman–Crippen LogP) is 2.64. The van der Waals surface area contributed by atoms with Crippen molar-refractivity contribution in [3.05, 3.63) is 57.8 Å². The van der Waals surface area contributed by atoms with Crippen LogP contribution in [0.3, 0.4) is 0 Å². The summed E-state index contributed by atoms with van der Waals surface area (Å²) in [5, 5.41) is 20.5. The summed E-state index contributed by atoms with van der Waals surface area (Å²) in [7, 11) is 0. The Bertz CT molecular complexity index is 647. The lowest BCUT2D eigenvalue weighted by atomic mass is 10.1. The number of aromatic nitrogens is 2. The van der Waals surface area contributed by atoms with Gasteiger partial charge in [0.05, 0.1) is 24.0 Å². The molecule has 1 aliphatic heterocycles. The van der Waals surface area contributed by atoms with E-state index in [9.17, 15) is 5.21 Å². The van der Waals surface area contributed by atoms with Crippen molar-refractivity contribution >= 4 is 11.6 Å². The number of aliphatic hydroxyl groups is 1. The number of nitrogens with zero attached hydrogens (tertiary/aromatic N) is 2. The molecule has 2 bridgehead atoms. The van der Waals surface area contributed by atoms with E-state index in [4.69, 9.17) is 21.4 Å². The second-order valence-corrected chi connectivity index (χ2v) is 5.87. The molecule has 1 aliphatic rings. The molecule has 22 heavy (non-hydrogen) atoms. The Hall–Kier alpha value is -1.85. The molecule has 5 nitrogen and oxygen atoms in total. The number of hydrogen-bond donors (Lipinski definition) is 1. The molecule has 0 radical (unpaired) electrons. The van der Waals surface area contributed by atoms with Crippen molar-refractivity contribution in [1.82, 2.24) is 4.98 Å². The molecule has 0 amide bonds. The van der Waals surface area contributed by atoms with Gasteiger partial charge >= 0.3 is 0 Å². The first kappa shape index (κ1) is 16.5. The average Bonchev–Trinajstić information content (AvgIpc) is 2.90. The fourth-order valence-electron chi connectivity index (χ4n) is 2.12. The zero-order valence-electron chi connectivity index (χ0n) is 12.6. The minimum Gasteiger partial charge on any atom is -0.618 e. The fraction of sp³-hybridized carbons (Fsp3) is 0.375. The minimum atomic E-state index is -0.0248. The van der Waals surface area contributed by atoms with Crippen LogP contribution in [0.25, 0.3) is 0 Å². The van der Waals surface area contributed by atoms with Crippen molar-refractivity contribution in [3.8, 4) is 5.75 Å². The lowest BCUT2D eigenvalue weighted by Crippen LogP contribution is -2.32. The molecule has 0 fully saturated rings. The normalized spacial score (nSPS) is 11.9. The second-order valence-electron chi connectivity index (χ2n) is 5.49. The van der Waals surface area contributed by atoms with Gasteiger partial charge in [-0.3, -0.25) is 4.98 Å². The van der Waals surface area contributed by atoms with Gasteiger partial charge in [-0.1, -0.05) is 25.4 Å². The summed E-state index contributed by atoms with van der Waals surface area (Å²) in [6, 6.07) is 3.65. The molecule has 118 valence electrons. The van der Waals surface area contributed by atoms with Crippen molar-refractivity contribution in [2.75, 3.05) is 0 Å². The monoisotopic (exact) mass is 322 g/mol. The molecule has 1 aromatic heterocycles. The predicted molar refractivity (Wildman–Crippen MR) is 83.4 cm³/mol. The van der Waals surface area contributed by atoms with Crippen molar-refractivity contribution in [2.45, 2.75) is 33.5 Å². The quantitative estimate of drug-likeness (QED) is 0.696. The van der Waals surface area contributed by atoms with Gasteiger partial charge < -0.3 is 15.1 Å². The van der Waals surface area contributed by atoms with Gasteiger partial charge in [-0.05, 0) is 18.1 Å². The van der Waals surface area contributed by atoms with Crippen molar-refractivity contribution in [2.24, 2.45) is 5.92 Å². The summed E-state index contributed by atoms with van der Waals surface area (Å²) in [6.07, 6.45) is 5.33. The smallest absolute Gasteiger partial charge is 0.211 e. The fourth-order valence-corrected chi connectivity index (χ4v) is 2.35. The molecule has 1 aromatic carbocycles. The first-order valence-corrected chi connectivity index (χ1v) is 7.46.